The van der Waals surface area contributed by atoms with Crippen LogP contribution in [0.15, 0.2) is 53.5 Å². The van der Waals surface area contributed by atoms with Crippen LogP contribution in [0, 0.1) is 10.1 Å². The SMILES string of the molecule is CC1CN(Cc2cccc(CNc3nc4ccccn4c(=O)c3[N+](=O)[O-])c2)CCO1. The summed E-state index contributed by atoms with van der Waals surface area (Å²) in [6.45, 7) is 5.72. The second-order valence-corrected chi connectivity index (χ2v) is 7.39. The van der Waals surface area contributed by atoms with Gasteiger partial charge < -0.3 is 10.1 Å². The average molecular weight is 409 g/mol. The van der Waals surface area contributed by atoms with Gasteiger partial charge >= 0.3 is 11.2 Å². The fourth-order valence-electron chi connectivity index (χ4n) is 3.68. The Labute approximate surface area is 173 Å². The molecule has 0 saturated carbocycles. The molecule has 0 bridgehead atoms. The highest BCUT2D eigenvalue weighted by Gasteiger charge is 2.23. The van der Waals surface area contributed by atoms with Gasteiger partial charge in [-0.15, -0.1) is 0 Å². The van der Waals surface area contributed by atoms with Crippen LogP contribution in [0.4, 0.5) is 11.5 Å². The number of fused-ring (bicyclic) bond motifs is 1. The van der Waals surface area contributed by atoms with Crippen molar-refractivity contribution in [1.82, 2.24) is 14.3 Å². The number of hydrogen-bond acceptors (Lipinski definition) is 7. The Kier molecular flexibility index (Phi) is 5.73. The van der Waals surface area contributed by atoms with Gasteiger partial charge in [-0.2, -0.15) is 0 Å². The van der Waals surface area contributed by atoms with E-state index in [9.17, 15) is 14.9 Å². The highest BCUT2D eigenvalue weighted by molar-refractivity contribution is 5.59. The number of hydrogen-bond donors (Lipinski definition) is 1. The minimum absolute atomic E-state index is 0.0244. The van der Waals surface area contributed by atoms with Crippen LogP contribution in [0.1, 0.15) is 18.1 Å². The Hall–Kier alpha value is -3.30. The summed E-state index contributed by atoms with van der Waals surface area (Å²) in [5, 5.41) is 14.5. The van der Waals surface area contributed by atoms with Crippen molar-refractivity contribution in [3.05, 3.63) is 80.3 Å². The van der Waals surface area contributed by atoms with E-state index < -0.39 is 16.2 Å². The molecule has 1 aromatic carbocycles. The van der Waals surface area contributed by atoms with E-state index in [0.29, 0.717) is 12.2 Å². The van der Waals surface area contributed by atoms with Crippen LogP contribution in [0.25, 0.3) is 5.65 Å². The van der Waals surface area contributed by atoms with Gasteiger partial charge in [0, 0.05) is 32.4 Å². The maximum Gasteiger partial charge on any atom is 0.376 e. The summed E-state index contributed by atoms with van der Waals surface area (Å²) in [5.74, 6) is -0.0244. The number of nitrogens with zero attached hydrogens (tertiary/aromatic N) is 4. The van der Waals surface area contributed by atoms with Crippen LogP contribution in [0.2, 0.25) is 0 Å². The Morgan fingerprint density at radius 1 is 1.27 bits per heavy atom. The van der Waals surface area contributed by atoms with Crippen molar-refractivity contribution in [2.45, 2.75) is 26.1 Å². The van der Waals surface area contributed by atoms with Gasteiger partial charge in [-0.25, -0.2) is 4.98 Å². The van der Waals surface area contributed by atoms with E-state index in [2.05, 4.69) is 34.3 Å². The van der Waals surface area contributed by atoms with Gasteiger partial charge in [0.1, 0.15) is 5.65 Å². The number of aromatic nitrogens is 2. The molecule has 1 aliphatic rings. The molecule has 1 atom stereocenters. The molecule has 4 rings (SSSR count). The first kappa shape index (κ1) is 20.0. The zero-order valence-corrected chi connectivity index (χ0v) is 16.7. The second kappa shape index (κ2) is 8.60. The van der Waals surface area contributed by atoms with E-state index in [-0.39, 0.29) is 11.9 Å². The molecule has 9 heteroatoms. The minimum atomic E-state index is -0.705. The van der Waals surface area contributed by atoms with E-state index in [4.69, 9.17) is 4.74 Å². The van der Waals surface area contributed by atoms with Crippen molar-refractivity contribution in [3.8, 4) is 0 Å². The standard InChI is InChI=1S/C21H23N5O4/c1-15-13-24(9-10-30-15)14-17-6-4-5-16(11-17)12-22-20-19(26(28)29)21(27)25-8-3-2-7-18(25)23-20/h2-8,11,15,22H,9-10,12-14H2,1H3. The largest absolute Gasteiger partial charge is 0.376 e. The summed E-state index contributed by atoms with van der Waals surface area (Å²) in [4.78, 5) is 30.0. The number of benzene rings is 1. The van der Waals surface area contributed by atoms with Gasteiger partial charge in [0.2, 0.25) is 5.82 Å². The Morgan fingerprint density at radius 3 is 2.90 bits per heavy atom. The molecule has 9 nitrogen and oxygen atoms in total. The van der Waals surface area contributed by atoms with Crippen molar-refractivity contribution < 1.29 is 9.66 Å². The number of nitrogens with one attached hydrogen (secondary N) is 1. The van der Waals surface area contributed by atoms with Crippen LogP contribution in [0.5, 0.6) is 0 Å². The van der Waals surface area contributed by atoms with Crippen LogP contribution in [0.3, 0.4) is 0 Å². The Morgan fingerprint density at radius 2 is 2.10 bits per heavy atom. The normalized spacial score (nSPS) is 17.2. The van der Waals surface area contributed by atoms with Crippen LogP contribution >= 0.6 is 0 Å². The van der Waals surface area contributed by atoms with Gasteiger partial charge in [0.25, 0.3) is 0 Å². The molecular formula is C21H23N5O4. The lowest BCUT2D eigenvalue weighted by Crippen LogP contribution is -2.40. The summed E-state index contributed by atoms with van der Waals surface area (Å²) in [6, 6.07) is 13.0. The van der Waals surface area contributed by atoms with Gasteiger partial charge in [-0.05, 0) is 30.2 Å². The Bertz CT molecular complexity index is 1130. The van der Waals surface area contributed by atoms with E-state index >= 15 is 0 Å². The third kappa shape index (κ3) is 4.32. The predicted molar refractivity (Wildman–Crippen MR) is 113 cm³/mol. The lowest BCUT2D eigenvalue weighted by molar-refractivity contribution is -0.385. The summed E-state index contributed by atoms with van der Waals surface area (Å²) < 4.78 is 6.76. The summed E-state index contributed by atoms with van der Waals surface area (Å²) in [7, 11) is 0. The zero-order valence-electron chi connectivity index (χ0n) is 16.7. The summed E-state index contributed by atoms with van der Waals surface area (Å²) in [5.41, 5.74) is 1.20. The zero-order chi connectivity index (χ0) is 21.1. The average Bonchev–Trinajstić information content (AvgIpc) is 2.72. The second-order valence-electron chi connectivity index (χ2n) is 7.39. The van der Waals surface area contributed by atoms with E-state index in [0.717, 1.165) is 37.4 Å². The number of ether oxygens (including phenoxy) is 1. The van der Waals surface area contributed by atoms with E-state index in [1.807, 2.05) is 12.1 Å². The highest BCUT2D eigenvalue weighted by Crippen LogP contribution is 2.19. The van der Waals surface area contributed by atoms with Crippen LogP contribution in [-0.4, -0.2) is 45.0 Å². The molecule has 2 aromatic heterocycles. The quantitative estimate of drug-likeness (QED) is 0.493. The molecule has 1 saturated heterocycles. The molecule has 3 heterocycles. The Balaban J connectivity index is 1.53. The molecule has 1 N–H and O–H groups in total. The number of nitro groups is 1. The molecule has 1 fully saturated rings. The topological polar surface area (TPSA) is 102 Å². The number of rotatable bonds is 6. The third-order valence-corrected chi connectivity index (χ3v) is 5.08. The summed E-state index contributed by atoms with van der Waals surface area (Å²) in [6.07, 6.45) is 1.69. The van der Waals surface area contributed by atoms with Crippen molar-refractivity contribution in [2.75, 3.05) is 25.0 Å². The molecule has 1 unspecified atom stereocenters. The van der Waals surface area contributed by atoms with E-state index in [1.165, 1.54) is 10.6 Å². The highest BCUT2D eigenvalue weighted by atomic mass is 16.6. The minimum Gasteiger partial charge on any atom is -0.376 e. The molecule has 0 amide bonds. The monoisotopic (exact) mass is 409 g/mol. The van der Waals surface area contributed by atoms with Gasteiger partial charge in [0.05, 0.1) is 17.6 Å². The molecule has 156 valence electrons. The number of pyridine rings is 1. The first-order valence-electron chi connectivity index (χ1n) is 9.82. The molecule has 0 radical (unpaired) electrons. The predicted octanol–water partition coefficient (Wildman–Crippen LogP) is 2.44. The fraction of sp³-hybridized carbons (Fsp3) is 0.333. The number of morpholine rings is 1. The third-order valence-electron chi connectivity index (χ3n) is 5.08. The lowest BCUT2D eigenvalue weighted by atomic mass is 10.1. The van der Waals surface area contributed by atoms with Crippen molar-refractivity contribution in [1.29, 1.82) is 0 Å². The smallest absolute Gasteiger partial charge is 0.376 e. The van der Waals surface area contributed by atoms with Gasteiger partial charge in [-0.3, -0.25) is 24.2 Å². The van der Waals surface area contributed by atoms with Crippen molar-refractivity contribution >= 4 is 17.2 Å². The first-order valence-corrected chi connectivity index (χ1v) is 9.82. The maximum absolute atomic E-state index is 12.5. The van der Waals surface area contributed by atoms with Crippen LogP contribution in [-0.2, 0) is 17.8 Å². The molecule has 3 aromatic rings. The maximum atomic E-state index is 12.5. The van der Waals surface area contributed by atoms with Gasteiger partial charge in [0.15, 0.2) is 0 Å². The van der Waals surface area contributed by atoms with Crippen LogP contribution < -0.4 is 10.9 Å². The molecule has 30 heavy (non-hydrogen) atoms. The molecule has 0 aliphatic carbocycles. The lowest BCUT2D eigenvalue weighted by Gasteiger charge is -2.31. The molecule has 0 spiro atoms. The molecular weight excluding hydrogens is 386 g/mol. The summed E-state index contributed by atoms with van der Waals surface area (Å²) >= 11 is 0. The van der Waals surface area contributed by atoms with E-state index in [1.54, 1.807) is 18.2 Å². The van der Waals surface area contributed by atoms with Crippen molar-refractivity contribution in [3.63, 3.8) is 0 Å². The fourth-order valence-corrected chi connectivity index (χ4v) is 3.68. The first-order chi connectivity index (χ1) is 14.5. The number of anilines is 1. The molecule has 1 aliphatic heterocycles. The van der Waals surface area contributed by atoms with Gasteiger partial charge in [-0.1, -0.05) is 30.3 Å². The van der Waals surface area contributed by atoms with Crippen molar-refractivity contribution in [2.24, 2.45) is 0 Å².